The molecule has 4 nitrogen and oxygen atoms in total. The van der Waals surface area contributed by atoms with Crippen LogP contribution >= 0.6 is 11.3 Å². The molecule has 0 saturated heterocycles. The standard InChI is InChI=1S/C16H20N2O2S/c1-11-3-5-14(6-4-11)18-16(20)12(2)17-9-15(19)13-7-8-21-10-13/h3-8,10,12,15,17,19H,9H2,1-2H3,(H,18,20). The zero-order chi connectivity index (χ0) is 15.2. The molecular weight excluding hydrogens is 284 g/mol. The average Bonchev–Trinajstić information content (AvgIpc) is 3.01. The summed E-state index contributed by atoms with van der Waals surface area (Å²) in [7, 11) is 0. The lowest BCUT2D eigenvalue weighted by Crippen LogP contribution is -2.40. The van der Waals surface area contributed by atoms with E-state index in [0.717, 1.165) is 16.8 Å². The van der Waals surface area contributed by atoms with Gasteiger partial charge in [0.1, 0.15) is 0 Å². The van der Waals surface area contributed by atoms with Gasteiger partial charge in [-0.15, -0.1) is 0 Å². The number of aliphatic hydroxyl groups is 1. The number of rotatable bonds is 6. The van der Waals surface area contributed by atoms with Gasteiger partial charge in [-0.3, -0.25) is 4.79 Å². The fraction of sp³-hybridized carbons (Fsp3) is 0.312. The van der Waals surface area contributed by atoms with Crippen molar-refractivity contribution < 1.29 is 9.90 Å². The summed E-state index contributed by atoms with van der Waals surface area (Å²) in [4.78, 5) is 12.0. The summed E-state index contributed by atoms with van der Waals surface area (Å²) in [6, 6.07) is 9.16. The van der Waals surface area contributed by atoms with E-state index in [0.29, 0.717) is 6.54 Å². The molecule has 3 N–H and O–H groups in total. The van der Waals surface area contributed by atoms with Crippen LogP contribution in [0.3, 0.4) is 0 Å². The van der Waals surface area contributed by atoms with E-state index in [-0.39, 0.29) is 11.9 Å². The van der Waals surface area contributed by atoms with Crippen LogP contribution in [0.25, 0.3) is 0 Å². The Balaban J connectivity index is 1.81. The van der Waals surface area contributed by atoms with E-state index in [1.165, 1.54) is 0 Å². The molecule has 0 aliphatic heterocycles. The summed E-state index contributed by atoms with van der Waals surface area (Å²) in [6.07, 6.45) is -0.592. The fourth-order valence-electron chi connectivity index (χ4n) is 1.85. The minimum absolute atomic E-state index is 0.114. The van der Waals surface area contributed by atoms with E-state index < -0.39 is 6.10 Å². The van der Waals surface area contributed by atoms with E-state index in [1.807, 2.05) is 48.0 Å². The van der Waals surface area contributed by atoms with Crippen LogP contribution in [-0.4, -0.2) is 23.6 Å². The van der Waals surface area contributed by atoms with Gasteiger partial charge in [0.2, 0.25) is 5.91 Å². The maximum Gasteiger partial charge on any atom is 0.241 e. The lowest BCUT2D eigenvalue weighted by atomic mass is 10.2. The van der Waals surface area contributed by atoms with Crippen molar-refractivity contribution in [3.63, 3.8) is 0 Å². The van der Waals surface area contributed by atoms with E-state index in [4.69, 9.17) is 0 Å². The number of thiophene rings is 1. The molecule has 0 radical (unpaired) electrons. The van der Waals surface area contributed by atoms with Crippen LogP contribution < -0.4 is 10.6 Å². The molecule has 0 fully saturated rings. The first-order valence-electron chi connectivity index (χ1n) is 6.87. The molecule has 0 bridgehead atoms. The van der Waals surface area contributed by atoms with E-state index >= 15 is 0 Å². The predicted octanol–water partition coefficient (Wildman–Crippen LogP) is 2.71. The lowest BCUT2D eigenvalue weighted by Gasteiger charge is -2.16. The van der Waals surface area contributed by atoms with Gasteiger partial charge in [-0.05, 0) is 48.4 Å². The third-order valence-corrected chi connectivity index (χ3v) is 3.96. The van der Waals surface area contributed by atoms with Gasteiger partial charge in [0, 0.05) is 12.2 Å². The molecule has 2 aromatic rings. The van der Waals surface area contributed by atoms with Crippen molar-refractivity contribution in [2.75, 3.05) is 11.9 Å². The Morgan fingerprint density at radius 3 is 2.62 bits per heavy atom. The normalized spacial score (nSPS) is 13.7. The zero-order valence-electron chi connectivity index (χ0n) is 12.2. The number of aryl methyl sites for hydroxylation is 1. The van der Waals surface area contributed by atoms with Crippen LogP contribution in [-0.2, 0) is 4.79 Å². The molecule has 1 aromatic carbocycles. The highest BCUT2D eigenvalue weighted by Gasteiger charge is 2.15. The first-order valence-corrected chi connectivity index (χ1v) is 7.81. The largest absolute Gasteiger partial charge is 0.387 e. The van der Waals surface area contributed by atoms with E-state index in [9.17, 15) is 9.90 Å². The van der Waals surface area contributed by atoms with Crippen molar-refractivity contribution in [1.29, 1.82) is 0 Å². The van der Waals surface area contributed by atoms with Crippen molar-refractivity contribution in [1.82, 2.24) is 5.32 Å². The Labute approximate surface area is 128 Å². The maximum atomic E-state index is 12.0. The Kier molecular flexibility index (Phi) is 5.50. The van der Waals surface area contributed by atoms with Gasteiger partial charge in [-0.2, -0.15) is 11.3 Å². The molecule has 2 unspecified atom stereocenters. The second-order valence-electron chi connectivity index (χ2n) is 5.06. The monoisotopic (exact) mass is 304 g/mol. The van der Waals surface area contributed by atoms with Crippen molar-refractivity contribution >= 4 is 22.9 Å². The minimum atomic E-state index is -0.592. The fourth-order valence-corrected chi connectivity index (χ4v) is 2.56. The van der Waals surface area contributed by atoms with E-state index in [2.05, 4.69) is 10.6 Å². The number of amides is 1. The SMILES string of the molecule is Cc1ccc(NC(=O)C(C)NCC(O)c2ccsc2)cc1. The molecule has 0 aliphatic carbocycles. The number of aliphatic hydroxyl groups excluding tert-OH is 1. The van der Waals surface area contributed by atoms with Crippen molar-refractivity contribution in [3.8, 4) is 0 Å². The second kappa shape index (κ2) is 7.36. The summed E-state index contributed by atoms with van der Waals surface area (Å²) < 4.78 is 0. The second-order valence-corrected chi connectivity index (χ2v) is 5.84. The quantitative estimate of drug-likeness (QED) is 0.769. The zero-order valence-corrected chi connectivity index (χ0v) is 13.0. The first kappa shape index (κ1) is 15.7. The molecule has 5 heteroatoms. The van der Waals surface area contributed by atoms with Gasteiger partial charge in [0.25, 0.3) is 0 Å². The summed E-state index contributed by atoms with van der Waals surface area (Å²) in [5, 5.41) is 19.7. The molecule has 0 spiro atoms. The highest BCUT2D eigenvalue weighted by Crippen LogP contribution is 2.15. The number of hydrogen-bond donors (Lipinski definition) is 3. The van der Waals surface area contributed by atoms with Crippen LogP contribution in [0.15, 0.2) is 41.1 Å². The minimum Gasteiger partial charge on any atom is -0.387 e. The van der Waals surface area contributed by atoms with Crippen molar-refractivity contribution in [2.24, 2.45) is 0 Å². The molecule has 112 valence electrons. The third kappa shape index (κ3) is 4.67. The van der Waals surface area contributed by atoms with Crippen LogP contribution in [0.4, 0.5) is 5.69 Å². The Morgan fingerprint density at radius 2 is 2.00 bits per heavy atom. The Morgan fingerprint density at radius 1 is 1.29 bits per heavy atom. The third-order valence-electron chi connectivity index (χ3n) is 3.26. The summed E-state index contributed by atoms with van der Waals surface area (Å²) in [5.41, 5.74) is 2.80. The highest BCUT2D eigenvalue weighted by molar-refractivity contribution is 7.07. The number of nitrogens with one attached hydrogen (secondary N) is 2. The first-order chi connectivity index (χ1) is 10.1. The van der Waals surface area contributed by atoms with Gasteiger partial charge in [-0.25, -0.2) is 0 Å². The summed E-state index contributed by atoms with van der Waals surface area (Å²) >= 11 is 1.54. The highest BCUT2D eigenvalue weighted by atomic mass is 32.1. The Bertz CT molecular complexity index is 566. The number of anilines is 1. The summed E-state index contributed by atoms with van der Waals surface area (Å²) in [6.45, 7) is 4.13. The smallest absolute Gasteiger partial charge is 0.241 e. The number of carbonyl (C=O) groups is 1. The van der Waals surface area contributed by atoms with Crippen LogP contribution in [0.2, 0.25) is 0 Å². The van der Waals surface area contributed by atoms with E-state index in [1.54, 1.807) is 18.3 Å². The number of benzene rings is 1. The lowest BCUT2D eigenvalue weighted by molar-refractivity contribution is -0.117. The van der Waals surface area contributed by atoms with Crippen molar-refractivity contribution in [2.45, 2.75) is 26.0 Å². The topological polar surface area (TPSA) is 61.4 Å². The van der Waals surface area contributed by atoms with Crippen molar-refractivity contribution in [3.05, 3.63) is 52.2 Å². The van der Waals surface area contributed by atoms with Gasteiger partial charge in [0.15, 0.2) is 0 Å². The summed E-state index contributed by atoms with van der Waals surface area (Å²) in [5.74, 6) is -0.114. The molecule has 1 aromatic heterocycles. The molecule has 1 amide bonds. The molecule has 0 aliphatic rings. The number of carbonyl (C=O) groups excluding carboxylic acids is 1. The molecule has 21 heavy (non-hydrogen) atoms. The van der Waals surface area contributed by atoms with Gasteiger partial charge >= 0.3 is 0 Å². The average molecular weight is 304 g/mol. The molecule has 2 atom stereocenters. The number of hydrogen-bond acceptors (Lipinski definition) is 4. The van der Waals surface area contributed by atoms with Crippen LogP contribution in [0.1, 0.15) is 24.2 Å². The maximum absolute atomic E-state index is 12.0. The predicted molar refractivity (Wildman–Crippen MR) is 86.6 cm³/mol. The molecular formula is C16H20N2O2S. The molecule has 1 heterocycles. The molecule has 2 rings (SSSR count). The van der Waals surface area contributed by atoms with Gasteiger partial charge in [-0.1, -0.05) is 17.7 Å². The molecule has 0 saturated carbocycles. The van der Waals surface area contributed by atoms with Gasteiger partial charge in [0.05, 0.1) is 12.1 Å². The van der Waals surface area contributed by atoms with Gasteiger partial charge < -0.3 is 15.7 Å². The Hall–Kier alpha value is -1.69. The van der Waals surface area contributed by atoms with Crippen LogP contribution in [0, 0.1) is 6.92 Å². The van der Waals surface area contributed by atoms with Crippen LogP contribution in [0.5, 0.6) is 0 Å².